The van der Waals surface area contributed by atoms with Crippen LogP contribution >= 0.6 is 11.6 Å². The number of rotatable bonds is 4. The van der Waals surface area contributed by atoms with Crippen molar-refractivity contribution in [1.29, 1.82) is 0 Å². The monoisotopic (exact) mass is 380 g/mol. The van der Waals surface area contributed by atoms with Gasteiger partial charge in [0.15, 0.2) is 11.6 Å². The van der Waals surface area contributed by atoms with Gasteiger partial charge in [-0.25, -0.2) is 0 Å². The van der Waals surface area contributed by atoms with Crippen molar-refractivity contribution in [2.24, 2.45) is 0 Å². The van der Waals surface area contributed by atoms with Gasteiger partial charge in [-0.15, -0.1) is 0 Å². The number of halogens is 1. The number of hydrogen-bond acceptors (Lipinski definition) is 3. The summed E-state index contributed by atoms with van der Waals surface area (Å²) in [5, 5.41) is 3.05. The van der Waals surface area contributed by atoms with Gasteiger partial charge in [0.1, 0.15) is 6.10 Å². The summed E-state index contributed by atoms with van der Waals surface area (Å²) >= 11 is 6.41. The molecule has 0 N–H and O–H groups in total. The Bertz CT molecular complexity index is 1010. The van der Waals surface area contributed by atoms with Gasteiger partial charge < -0.3 is 9.47 Å². The second-order valence-electron chi connectivity index (χ2n) is 7.35. The topological polar surface area (TPSA) is 35.5 Å². The van der Waals surface area contributed by atoms with Crippen LogP contribution in [0.3, 0.4) is 0 Å². The van der Waals surface area contributed by atoms with Gasteiger partial charge in [0.2, 0.25) is 0 Å². The van der Waals surface area contributed by atoms with E-state index < -0.39 is 11.9 Å². The first kappa shape index (κ1) is 18.2. The van der Waals surface area contributed by atoms with Crippen LogP contribution in [0.2, 0.25) is 5.02 Å². The summed E-state index contributed by atoms with van der Waals surface area (Å²) in [6.45, 7) is 3.90. The van der Waals surface area contributed by atoms with Crippen molar-refractivity contribution in [2.45, 2.75) is 32.2 Å². The lowest BCUT2D eigenvalue weighted by molar-refractivity contribution is -0.133. The van der Waals surface area contributed by atoms with Gasteiger partial charge in [-0.05, 0) is 60.4 Å². The zero-order valence-corrected chi connectivity index (χ0v) is 16.1. The Kier molecular flexibility index (Phi) is 4.77. The summed E-state index contributed by atoms with van der Waals surface area (Å²) in [6.07, 6.45) is 0.0906. The van der Waals surface area contributed by atoms with Crippen molar-refractivity contribution in [1.82, 2.24) is 0 Å². The molecule has 4 rings (SSSR count). The number of benzene rings is 3. The van der Waals surface area contributed by atoms with Crippen LogP contribution in [0.1, 0.15) is 35.3 Å². The van der Waals surface area contributed by atoms with Crippen molar-refractivity contribution < 1.29 is 14.3 Å². The molecule has 4 heteroatoms. The largest absolute Gasteiger partial charge is 0.347 e. The molecule has 0 radical (unpaired) electrons. The van der Waals surface area contributed by atoms with Gasteiger partial charge in [0.25, 0.3) is 0 Å². The van der Waals surface area contributed by atoms with Crippen LogP contribution < -0.4 is 0 Å². The second kappa shape index (κ2) is 7.08. The Morgan fingerprint density at radius 2 is 1.85 bits per heavy atom. The Balaban J connectivity index is 1.59. The first-order chi connectivity index (χ1) is 12.9. The highest BCUT2D eigenvalue weighted by molar-refractivity contribution is 6.31. The fourth-order valence-corrected chi connectivity index (χ4v) is 3.62. The highest BCUT2D eigenvalue weighted by Crippen LogP contribution is 2.27. The number of hydrogen-bond donors (Lipinski definition) is 0. The molecule has 138 valence electrons. The molecule has 1 heterocycles. The van der Waals surface area contributed by atoms with Crippen LogP contribution in [0.25, 0.3) is 10.8 Å². The normalized spacial score (nSPS) is 18.7. The van der Waals surface area contributed by atoms with E-state index in [1.54, 1.807) is 12.1 Å². The number of Topliss-reactive ketones (excluding diaryl/α,β-unsaturated/α-hetero) is 1. The number of carbonyl (C=O) groups is 1. The lowest BCUT2D eigenvalue weighted by Gasteiger charge is -2.16. The molecule has 3 nitrogen and oxygen atoms in total. The highest BCUT2D eigenvalue weighted by Gasteiger charge is 2.37. The molecule has 27 heavy (non-hydrogen) atoms. The van der Waals surface area contributed by atoms with Gasteiger partial charge in [-0.1, -0.05) is 54.1 Å². The van der Waals surface area contributed by atoms with E-state index in [4.69, 9.17) is 21.1 Å². The van der Waals surface area contributed by atoms with Crippen LogP contribution in [0.5, 0.6) is 0 Å². The van der Waals surface area contributed by atoms with Crippen LogP contribution in [-0.4, -0.2) is 24.3 Å². The highest BCUT2D eigenvalue weighted by atomic mass is 35.5. The van der Waals surface area contributed by atoms with E-state index in [-0.39, 0.29) is 12.4 Å². The SMILES string of the molecule is CC1(C)OC[C@H](C(=O)c2ccc(Cl)c(Cc3ccc4ccccc4c3)c2)O1. The fraction of sp³-hybridized carbons (Fsp3) is 0.261. The van der Waals surface area contributed by atoms with E-state index in [2.05, 4.69) is 30.3 Å². The van der Waals surface area contributed by atoms with Crippen molar-refractivity contribution >= 4 is 28.2 Å². The summed E-state index contributed by atoms with van der Waals surface area (Å²) in [5.74, 6) is -0.794. The van der Waals surface area contributed by atoms with Gasteiger partial charge in [0, 0.05) is 10.6 Å². The minimum absolute atomic E-state index is 0.0722. The molecule has 3 aromatic rings. The third-order valence-corrected chi connectivity index (χ3v) is 5.21. The predicted octanol–water partition coefficient (Wildman–Crippen LogP) is 5.42. The van der Waals surface area contributed by atoms with Crippen molar-refractivity contribution in [3.63, 3.8) is 0 Å². The quantitative estimate of drug-likeness (QED) is 0.567. The number of fused-ring (bicyclic) bond motifs is 1. The van der Waals surface area contributed by atoms with E-state index in [1.807, 2.05) is 32.0 Å². The summed E-state index contributed by atoms with van der Waals surface area (Å²) < 4.78 is 11.2. The van der Waals surface area contributed by atoms with Gasteiger partial charge >= 0.3 is 0 Å². The van der Waals surface area contributed by atoms with Crippen LogP contribution in [0.15, 0.2) is 60.7 Å². The maximum atomic E-state index is 12.8. The lowest BCUT2D eigenvalue weighted by atomic mass is 9.98. The first-order valence-electron chi connectivity index (χ1n) is 9.03. The minimum Gasteiger partial charge on any atom is -0.347 e. The molecule has 1 aliphatic heterocycles. The van der Waals surface area contributed by atoms with Crippen LogP contribution in [0.4, 0.5) is 0 Å². The van der Waals surface area contributed by atoms with Gasteiger partial charge in [0.05, 0.1) is 6.61 Å². The van der Waals surface area contributed by atoms with E-state index >= 15 is 0 Å². The molecule has 0 aliphatic carbocycles. The van der Waals surface area contributed by atoms with E-state index in [9.17, 15) is 4.79 Å². The van der Waals surface area contributed by atoms with Crippen molar-refractivity contribution in [3.05, 3.63) is 82.4 Å². The van der Waals surface area contributed by atoms with Gasteiger partial charge in [-0.2, -0.15) is 0 Å². The standard InChI is InChI=1S/C23H21ClO3/c1-23(2)26-14-21(27-23)22(25)18-9-10-20(24)19(13-18)12-15-7-8-16-5-3-4-6-17(16)11-15/h3-11,13,21H,12,14H2,1-2H3/t21-/m1/s1. The third-order valence-electron chi connectivity index (χ3n) is 4.84. The maximum absolute atomic E-state index is 12.8. The fourth-order valence-electron chi connectivity index (χ4n) is 3.43. The predicted molar refractivity (Wildman–Crippen MR) is 107 cm³/mol. The molecule has 1 aliphatic rings. The minimum atomic E-state index is -0.722. The molecule has 1 saturated heterocycles. The second-order valence-corrected chi connectivity index (χ2v) is 7.75. The summed E-state index contributed by atoms with van der Waals surface area (Å²) in [5.41, 5.74) is 2.68. The smallest absolute Gasteiger partial charge is 0.194 e. The Morgan fingerprint density at radius 3 is 2.59 bits per heavy atom. The molecule has 0 bridgehead atoms. The Labute approximate surface area is 163 Å². The molecule has 0 saturated carbocycles. The van der Waals surface area contributed by atoms with Crippen LogP contribution in [0, 0.1) is 0 Å². The number of ether oxygens (including phenoxy) is 2. The third kappa shape index (κ3) is 3.91. The van der Waals surface area contributed by atoms with Gasteiger partial charge in [-0.3, -0.25) is 4.79 Å². The lowest BCUT2D eigenvalue weighted by Crippen LogP contribution is -2.27. The Hall–Kier alpha value is -2.20. The average molecular weight is 381 g/mol. The number of carbonyl (C=O) groups excluding carboxylic acids is 1. The molecule has 3 aromatic carbocycles. The van der Waals surface area contributed by atoms with E-state index in [1.165, 1.54) is 10.8 Å². The summed E-state index contributed by atoms with van der Waals surface area (Å²) in [4.78, 5) is 12.8. The first-order valence-corrected chi connectivity index (χ1v) is 9.41. The Morgan fingerprint density at radius 1 is 1.07 bits per heavy atom. The molecular weight excluding hydrogens is 360 g/mol. The summed E-state index contributed by atoms with van der Waals surface area (Å²) in [6, 6.07) is 20.0. The van der Waals surface area contributed by atoms with Crippen molar-refractivity contribution in [3.8, 4) is 0 Å². The van der Waals surface area contributed by atoms with Crippen LogP contribution in [-0.2, 0) is 15.9 Å². The number of ketones is 1. The summed E-state index contributed by atoms with van der Waals surface area (Å²) in [7, 11) is 0. The molecule has 1 atom stereocenters. The molecule has 0 amide bonds. The van der Waals surface area contributed by atoms with E-state index in [0.29, 0.717) is 17.0 Å². The average Bonchev–Trinajstić information content (AvgIpc) is 3.02. The van der Waals surface area contributed by atoms with E-state index in [0.717, 1.165) is 11.1 Å². The maximum Gasteiger partial charge on any atom is 0.194 e. The molecular formula is C23H21ClO3. The molecule has 0 unspecified atom stereocenters. The zero-order valence-electron chi connectivity index (χ0n) is 15.4. The van der Waals surface area contributed by atoms with Crippen molar-refractivity contribution in [2.75, 3.05) is 6.61 Å². The zero-order chi connectivity index (χ0) is 19.0. The molecule has 0 aromatic heterocycles. The molecule has 0 spiro atoms. The molecule has 1 fully saturated rings.